The van der Waals surface area contributed by atoms with Crippen LogP contribution in [-0.2, 0) is 4.79 Å². The summed E-state index contributed by atoms with van der Waals surface area (Å²) >= 11 is 12.4. The molecule has 6 heteroatoms. The highest BCUT2D eigenvalue weighted by molar-refractivity contribution is 6.32. The standard InChI is InChI=1S/C24H16Cl2O4/c1-14-11-17(29-24(28)22(26)15-7-3-2-4-8-15)13-19-21(14)23(27)20(30-19)12-16-9-5-6-10-18(16)25/h2-13,22H,1H3/b20-12-. The molecule has 4 nitrogen and oxygen atoms in total. The van der Waals surface area contributed by atoms with Gasteiger partial charge < -0.3 is 9.47 Å². The number of hydrogen-bond donors (Lipinski definition) is 0. The van der Waals surface area contributed by atoms with Crippen LogP contribution in [0.2, 0.25) is 5.02 Å². The van der Waals surface area contributed by atoms with Crippen LogP contribution in [0.5, 0.6) is 11.5 Å². The number of halogens is 2. The third-order valence-corrected chi connectivity index (χ3v) is 5.43. The van der Waals surface area contributed by atoms with E-state index >= 15 is 0 Å². The van der Waals surface area contributed by atoms with Crippen LogP contribution in [-0.4, -0.2) is 11.8 Å². The van der Waals surface area contributed by atoms with E-state index in [4.69, 9.17) is 32.7 Å². The Kier molecular flexibility index (Phi) is 5.62. The van der Waals surface area contributed by atoms with Crippen LogP contribution < -0.4 is 9.47 Å². The van der Waals surface area contributed by atoms with Crippen molar-refractivity contribution in [3.8, 4) is 11.5 Å². The van der Waals surface area contributed by atoms with Gasteiger partial charge in [-0.15, -0.1) is 11.6 Å². The Bertz CT molecular complexity index is 1170. The Morgan fingerprint density at radius 2 is 1.77 bits per heavy atom. The highest BCUT2D eigenvalue weighted by atomic mass is 35.5. The molecule has 1 unspecified atom stereocenters. The van der Waals surface area contributed by atoms with Crippen LogP contribution in [0.3, 0.4) is 0 Å². The Labute approximate surface area is 183 Å². The number of carbonyl (C=O) groups excluding carboxylic acids is 2. The van der Waals surface area contributed by atoms with Gasteiger partial charge in [-0.25, -0.2) is 4.79 Å². The van der Waals surface area contributed by atoms with Crippen molar-refractivity contribution in [2.24, 2.45) is 0 Å². The Morgan fingerprint density at radius 1 is 1.07 bits per heavy atom. The molecular weight excluding hydrogens is 423 g/mol. The van der Waals surface area contributed by atoms with E-state index in [0.29, 0.717) is 33.0 Å². The lowest BCUT2D eigenvalue weighted by molar-refractivity contribution is -0.134. The second kappa shape index (κ2) is 8.34. The fraction of sp³-hybridized carbons (Fsp3) is 0.0833. The van der Waals surface area contributed by atoms with E-state index in [1.807, 2.05) is 12.1 Å². The van der Waals surface area contributed by atoms with Gasteiger partial charge in [0, 0.05) is 11.1 Å². The number of fused-ring (bicyclic) bond motifs is 1. The molecule has 0 bridgehead atoms. The number of alkyl halides is 1. The molecule has 1 atom stereocenters. The molecule has 0 radical (unpaired) electrons. The van der Waals surface area contributed by atoms with Crippen molar-refractivity contribution in [1.82, 2.24) is 0 Å². The summed E-state index contributed by atoms with van der Waals surface area (Å²) in [5.41, 5.74) is 2.37. The van der Waals surface area contributed by atoms with Gasteiger partial charge in [-0.2, -0.15) is 0 Å². The predicted octanol–water partition coefficient (Wildman–Crippen LogP) is 6.15. The first-order valence-corrected chi connectivity index (χ1v) is 9.99. The number of Topliss-reactive ketones (excluding diaryl/α,β-unsaturated/α-hetero) is 1. The monoisotopic (exact) mass is 438 g/mol. The van der Waals surface area contributed by atoms with E-state index in [1.54, 1.807) is 61.5 Å². The van der Waals surface area contributed by atoms with E-state index in [1.165, 1.54) is 6.07 Å². The molecule has 0 saturated carbocycles. The predicted molar refractivity (Wildman–Crippen MR) is 116 cm³/mol. The number of benzene rings is 3. The van der Waals surface area contributed by atoms with Crippen molar-refractivity contribution in [3.63, 3.8) is 0 Å². The molecule has 1 aliphatic rings. The second-order valence-electron chi connectivity index (χ2n) is 6.77. The fourth-order valence-corrected chi connectivity index (χ4v) is 3.58. The molecule has 3 aromatic carbocycles. The summed E-state index contributed by atoms with van der Waals surface area (Å²) in [6, 6.07) is 19.2. The number of allylic oxidation sites excluding steroid dienone is 1. The summed E-state index contributed by atoms with van der Waals surface area (Å²) in [4.78, 5) is 25.2. The zero-order valence-electron chi connectivity index (χ0n) is 15.9. The molecule has 30 heavy (non-hydrogen) atoms. The number of carbonyl (C=O) groups is 2. The number of hydrogen-bond acceptors (Lipinski definition) is 4. The molecule has 0 amide bonds. The highest BCUT2D eigenvalue weighted by Crippen LogP contribution is 2.38. The fourth-order valence-electron chi connectivity index (χ4n) is 3.20. The lowest BCUT2D eigenvalue weighted by Crippen LogP contribution is -2.14. The van der Waals surface area contributed by atoms with Crippen molar-refractivity contribution in [1.29, 1.82) is 0 Å². The first-order valence-electron chi connectivity index (χ1n) is 9.18. The summed E-state index contributed by atoms with van der Waals surface area (Å²) in [7, 11) is 0. The summed E-state index contributed by atoms with van der Waals surface area (Å²) in [5.74, 6) is -0.126. The molecule has 0 aromatic heterocycles. The van der Waals surface area contributed by atoms with Gasteiger partial charge in [-0.3, -0.25) is 4.79 Å². The van der Waals surface area contributed by atoms with Gasteiger partial charge in [-0.1, -0.05) is 60.1 Å². The molecule has 1 heterocycles. The summed E-state index contributed by atoms with van der Waals surface area (Å²) < 4.78 is 11.2. The normalized spacial score (nSPS) is 14.9. The van der Waals surface area contributed by atoms with Crippen LogP contribution in [0.15, 0.2) is 72.5 Å². The van der Waals surface area contributed by atoms with Gasteiger partial charge in [-0.05, 0) is 41.8 Å². The van der Waals surface area contributed by atoms with Gasteiger partial charge in [0.05, 0.1) is 5.56 Å². The van der Waals surface area contributed by atoms with E-state index in [-0.39, 0.29) is 17.3 Å². The van der Waals surface area contributed by atoms with Gasteiger partial charge in [0.1, 0.15) is 11.5 Å². The van der Waals surface area contributed by atoms with Gasteiger partial charge >= 0.3 is 5.97 Å². The molecule has 1 aliphatic heterocycles. The summed E-state index contributed by atoms with van der Waals surface area (Å²) in [6.07, 6.45) is 1.60. The molecule has 0 spiro atoms. The molecule has 3 aromatic rings. The third-order valence-electron chi connectivity index (χ3n) is 4.65. The maximum atomic E-state index is 12.8. The molecule has 0 N–H and O–H groups in total. The van der Waals surface area contributed by atoms with Crippen LogP contribution in [0, 0.1) is 6.92 Å². The van der Waals surface area contributed by atoms with Gasteiger partial charge in [0.15, 0.2) is 11.1 Å². The lowest BCUT2D eigenvalue weighted by atomic mass is 10.0. The molecule has 0 saturated heterocycles. The van der Waals surface area contributed by atoms with E-state index in [9.17, 15) is 9.59 Å². The Balaban J connectivity index is 1.59. The quantitative estimate of drug-likeness (QED) is 0.212. The van der Waals surface area contributed by atoms with Crippen molar-refractivity contribution < 1.29 is 19.1 Å². The van der Waals surface area contributed by atoms with E-state index in [2.05, 4.69) is 0 Å². The van der Waals surface area contributed by atoms with Crippen LogP contribution >= 0.6 is 23.2 Å². The minimum absolute atomic E-state index is 0.157. The SMILES string of the molecule is Cc1cc(OC(=O)C(Cl)c2ccccc2)cc2c1C(=O)/C(=C/c1ccccc1Cl)O2. The van der Waals surface area contributed by atoms with Crippen LogP contribution in [0.4, 0.5) is 0 Å². The van der Waals surface area contributed by atoms with E-state index < -0.39 is 11.3 Å². The first kappa shape index (κ1) is 20.2. The topological polar surface area (TPSA) is 52.6 Å². The first-order chi connectivity index (χ1) is 14.4. The number of rotatable bonds is 4. The number of esters is 1. The van der Waals surface area contributed by atoms with Gasteiger partial charge in [0.2, 0.25) is 5.78 Å². The zero-order chi connectivity index (χ0) is 21.3. The minimum atomic E-state index is -0.946. The maximum absolute atomic E-state index is 12.8. The largest absolute Gasteiger partial charge is 0.452 e. The minimum Gasteiger partial charge on any atom is -0.452 e. The number of ketones is 1. The highest BCUT2D eigenvalue weighted by Gasteiger charge is 2.31. The average Bonchev–Trinajstić information content (AvgIpc) is 3.05. The van der Waals surface area contributed by atoms with Crippen molar-refractivity contribution in [3.05, 3.63) is 99.8 Å². The smallest absolute Gasteiger partial charge is 0.334 e. The zero-order valence-corrected chi connectivity index (χ0v) is 17.4. The average molecular weight is 439 g/mol. The second-order valence-corrected chi connectivity index (χ2v) is 7.61. The maximum Gasteiger partial charge on any atom is 0.334 e. The van der Waals surface area contributed by atoms with Crippen LogP contribution in [0.25, 0.3) is 6.08 Å². The number of ether oxygens (including phenoxy) is 2. The summed E-state index contributed by atoms with van der Waals surface area (Å²) in [5, 5.41) is -0.434. The van der Waals surface area contributed by atoms with E-state index in [0.717, 1.165) is 0 Å². The molecule has 0 fully saturated rings. The van der Waals surface area contributed by atoms with Crippen molar-refractivity contribution >= 4 is 41.0 Å². The molecule has 150 valence electrons. The third kappa shape index (κ3) is 3.97. The Morgan fingerprint density at radius 3 is 2.50 bits per heavy atom. The van der Waals surface area contributed by atoms with Crippen molar-refractivity contribution in [2.45, 2.75) is 12.3 Å². The molecular formula is C24H16Cl2O4. The molecule has 4 rings (SSSR count). The Hall–Kier alpha value is -3.08. The summed E-state index contributed by atoms with van der Waals surface area (Å²) in [6.45, 7) is 1.76. The van der Waals surface area contributed by atoms with Gasteiger partial charge in [0.25, 0.3) is 0 Å². The molecule has 0 aliphatic carbocycles. The number of aryl methyl sites for hydroxylation is 1. The lowest BCUT2D eigenvalue weighted by Gasteiger charge is -2.11. The van der Waals surface area contributed by atoms with Crippen LogP contribution in [0.1, 0.15) is 32.4 Å². The van der Waals surface area contributed by atoms with Crippen molar-refractivity contribution in [2.75, 3.05) is 0 Å².